The van der Waals surface area contributed by atoms with Crippen molar-refractivity contribution >= 4 is 240 Å². The molecule has 0 fully saturated rings. The highest BCUT2D eigenvalue weighted by molar-refractivity contribution is 14.1. The van der Waals surface area contributed by atoms with Gasteiger partial charge in [-0.1, -0.05) is 89.1 Å². The molecule has 460 valence electrons. The molecule has 3 heterocycles. The molecule has 0 atom stereocenters. The Kier molecular flexibility index (Phi) is 38.3. The molecule has 84 heavy (non-hydrogen) atoms. The Hall–Kier alpha value is -0.668. The summed E-state index contributed by atoms with van der Waals surface area (Å²) in [5.41, 5.74) is 16.7. The van der Waals surface area contributed by atoms with E-state index < -0.39 is 16.6 Å². The number of anilines is 5. The van der Waals surface area contributed by atoms with Crippen LogP contribution in [0.1, 0.15) is 147 Å². The summed E-state index contributed by atoms with van der Waals surface area (Å²) in [6, 6.07) is 35.6. The third-order valence-electron chi connectivity index (χ3n) is 12.3. The first-order valence-corrected chi connectivity index (χ1v) is 39.4. The van der Waals surface area contributed by atoms with Gasteiger partial charge in [-0.15, -0.1) is 0 Å². The highest BCUT2D eigenvalue weighted by atomic mass is 127. The minimum absolute atomic E-state index is 0.0428. The average Bonchev–Trinajstić information content (AvgIpc) is 1.77. The van der Waals surface area contributed by atoms with Gasteiger partial charge in [0.05, 0.1) is 0 Å². The van der Waals surface area contributed by atoms with E-state index >= 15 is 0 Å². The number of alkyl halides is 1. The van der Waals surface area contributed by atoms with Crippen molar-refractivity contribution in [2.24, 2.45) is 0 Å². The first-order chi connectivity index (χ1) is 38.7. The maximum absolute atomic E-state index is 12.2. The minimum Gasteiger partial charge on any atom is -0.399 e. The van der Waals surface area contributed by atoms with Gasteiger partial charge in [0, 0.05) is 98.6 Å². The summed E-state index contributed by atoms with van der Waals surface area (Å²) in [5, 5.41) is 5.28. The Bertz CT molecular complexity index is 2950. The van der Waals surface area contributed by atoms with Gasteiger partial charge in [-0.2, -0.15) is 0 Å². The zero-order chi connectivity index (χ0) is 64.6. The number of hydrogen-bond donors (Lipinski definition) is 3. The molecule has 0 saturated heterocycles. The van der Waals surface area contributed by atoms with Gasteiger partial charge in [0.2, 0.25) is 23.0 Å². The van der Waals surface area contributed by atoms with Crippen molar-refractivity contribution in [3.05, 3.63) is 161 Å². The lowest BCUT2D eigenvalue weighted by atomic mass is 9.77. The van der Waals surface area contributed by atoms with E-state index in [1.807, 2.05) is 93.3 Å². The number of rotatable bonds is 5. The number of nitrogens with one attached hydrogen (secondary N) is 2. The summed E-state index contributed by atoms with van der Waals surface area (Å²) >= 11 is 17.1. The van der Waals surface area contributed by atoms with Gasteiger partial charge in [0.15, 0.2) is 0 Å². The van der Waals surface area contributed by atoms with Gasteiger partial charge in [-0.25, -0.2) is 30.1 Å². The Labute approximate surface area is 606 Å². The average molecular weight is 1920 g/mol. The first kappa shape index (κ1) is 81.3. The number of fused-ring (bicyclic) bond motifs is 3. The van der Waals surface area contributed by atoms with Crippen LogP contribution in [0, 0.1) is 17.9 Å². The first-order valence-electron chi connectivity index (χ1n) is 27.1. The summed E-state index contributed by atoms with van der Waals surface area (Å²) in [6.07, 6.45) is 5.37. The fraction of sp³-hybridized carbons (Fsp3) is 0.406. The van der Waals surface area contributed by atoms with E-state index in [4.69, 9.17) is 47.5 Å². The van der Waals surface area contributed by atoms with Crippen LogP contribution in [-0.2, 0) is 35.4 Å². The zero-order valence-electron chi connectivity index (χ0n) is 51.0. The number of amides is 3. The lowest BCUT2D eigenvalue weighted by molar-refractivity contribution is -0.120. The van der Waals surface area contributed by atoms with Gasteiger partial charge in [0.25, 0.3) is 0 Å². The molecule has 5 aromatic rings. The highest BCUT2D eigenvalue weighted by Gasteiger charge is 2.38. The van der Waals surface area contributed by atoms with E-state index in [1.54, 1.807) is 6.08 Å². The number of nitrogens with zero attached hydrogens (tertiary/aromatic N) is 2. The number of carbonyl (C=O) groups is 4. The molecule has 20 heteroatoms. The van der Waals surface area contributed by atoms with E-state index in [0.717, 1.165) is 41.4 Å². The van der Waals surface area contributed by atoms with Crippen molar-refractivity contribution < 1.29 is 19.2 Å². The molecule has 0 aromatic heterocycles. The van der Waals surface area contributed by atoms with Crippen LogP contribution >= 0.6 is 177 Å². The number of nitrogen functional groups attached to an aromatic ring is 1. The van der Waals surface area contributed by atoms with Gasteiger partial charge in [-0.05, 0) is 318 Å². The van der Waals surface area contributed by atoms with Crippen LogP contribution in [0.3, 0.4) is 0 Å². The molecule has 3 amide bonds. The largest absolute Gasteiger partial charge is 0.643 e. The second-order valence-electron chi connectivity index (χ2n) is 23.0. The van der Waals surface area contributed by atoms with Crippen LogP contribution in [0.4, 0.5) is 28.4 Å². The summed E-state index contributed by atoms with van der Waals surface area (Å²) in [4.78, 5) is 49.3. The third kappa shape index (κ3) is 31.9. The number of halogens is 10. The standard InChI is InChI=1S/C14H18INO.C14H20IN.2C11H12INO.C6H6IN.C5H7ClO.C3H7I.Al.3ClH/c1-9(2)16-12-6-5-10(15)7-11(12)14(3,4)8-13(16)17;1-10(2)16-8-7-14(3,4)12-9-11(15)5-6-13(12)16;1-11(2)6-10(14)13-9-4-3-7(12)5-8(9)11;1-8(2)7-11(14)13-10-5-3-9(12)4-6-10;7-5-1-3-6(8)4-2-5;1-4(2)3-5(6)7;1-3(2)4;;;;/h5-7,9H,8H2,1-4H3;5-6,9-10H,7-8H2,1-4H3;3-5H,6H2,1-2H3,(H,13,14);3-7H,1-2H3,(H,13,14);1-4H,8H2;3H,1-2H3;3H,1-2H3;;3*1H/q;;;;;;;+3;;;/p-3. The number of allylic oxidation sites excluding steroid dienone is 3. The molecule has 0 spiro atoms. The number of benzene rings is 5. The monoisotopic (exact) mass is 1910 g/mol. The van der Waals surface area contributed by atoms with Crippen LogP contribution in [0.5, 0.6) is 0 Å². The van der Waals surface area contributed by atoms with Gasteiger partial charge < -0.3 is 26.2 Å². The van der Waals surface area contributed by atoms with E-state index in [1.165, 1.54) is 55.7 Å². The Balaban J connectivity index is 0.000000500. The van der Waals surface area contributed by atoms with Crippen LogP contribution < -0.4 is 26.2 Å². The number of hydrogen-bond acceptors (Lipinski definition) is 6. The third-order valence-corrected chi connectivity index (χ3v) is 15.9. The van der Waals surface area contributed by atoms with Crippen molar-refractivity contribution in [3.8, 4) is 0 Å². The Morgan fingerprint density at radius 3 is 1.43 bits per heavy atom. The maximum atomic E-state index is 12.2. The molecular formula is C64H82AlCl4I6N5O4. The lowest BCUT2D eigenvalue weighted by Gasteiger charge is -2.42. The molecule has 8 rings (SSSR count). The molecule has 3 aliphatic heterocycles. The van der Waals surface area contributed by atoms with Crippen molar-refractivity contribution in [1.29, 1.82) is 0 Å². The van der Waals surface area contributed by atoms with Gasteiger partial charge in [0.1, 0.15) is 0 Å². The zero-order valence-corrected chi connectivity index (χ0v) is 68.1. The van der Waals surface area contributed by atoms with E-state index in [2.05, 4.69) is 277 Å². The quantitative estimate of drug-likeness (QED) is 0.0402. The predicted octanol–water partition coefficient (Wildman–Crippen LogP) is 21.1. The molecule has 0 bridgehead atoms. The van der Waals surface area contributed by atoms with Crippen molar-refractivity contribution in [1.82, 2.24) is 0 Å². The van der Waals surface area contributed by atoms with Crippen LogP contribution in [0.25, 0.3) is 0 Å². The molecule has 3 aliphatic rings. The fourth-order valence-corrected chi connectivity index (χ4v) is 11.0. The predicted molar refractivity (Wildman–Crippen MR) is 418 cm³/mol. The number of carbonyl (C=O) groups excluding carboxylic acids is 4. The van der Waals surface area contributed by atoms with Gasteiger partial charge in [-0.3, -0.25) is 19.2 Å². The van der Waals surface area contributed by atoms with Crippen molar-refractivity contribution in [2.75, 3.05) is 32.7 Å². The molecular weight excluding hydrogens is 1830 g/mol. The van der Waals surface area contributed by atoms with Crippen LogP contribution in [0.2, 0.25) is 0 Å². The van der Waals surface area contributed by atoms with E-state index in [0.29, 0.717) is 24.3 Å². The molecule has 4 N–H and O–H groups in total. The molecule has 0 aliphatic carbocycles. The van der Waals surface area contributed by atoms with E-state index in [-0.39, 0.29) is 34.6 Å². The summed E-state index contributed by atoms with van der Waals surface area (Å²) in [7, 11) is 14.8. The van der Waals surface area contributed by atoms with E-state index in [9.17, 15) is 19.2 Å². The molecule has 0 radical (unpaired) electrons. The second-order valence-corrected chi connectivity index (χ2v) is 38.5. The van der Waals surface area contributed by atoms with Crippen molar-refractivity contribution in [2.45, 2.75) is 162 Å². The Morgan fingerprint density at radius 1 is 0.607 bits per heavy atom. The van der Waals surface area contributed by atoms with Crippen LogP contribution in [-0.4, -0.2) is 56.9 Å². The normalized spacial score (nSPS) is 14.2. The topological polar surface area (TPSA) is 125 Å². The summed E-state index contributed by atoms with van der Waals surface area (Å²) in [5.74, 6) is 0.272. The molecule has 5 aromatic carbocycles. The van der Waals surface area contributed by atoms with Gasteiger partial charge >= 0.3 is 11.4 Å². The molecule has 9 nitrogen and oxygen atoms in total. The Morgan fingerprint density at radius 2 is 1.01 bits per heavy atom. The summed E-state index contributed by atoms with van der Waals surface area (Å²) < 4.78 is 6.96. The lowest BCUT2D eigenvalue weighted by Crippen LogP contribution is -2.45. The smallest absolute Gasteiger partial charge is 0.399 e. The van der Waals surface area contributed by atoms with Crippen molar-refractivity contribution in [3.63, 3.8) is 0 Å². The molecule has 0 saturated carbocycles. The second kappa shape index (κ2) is 39.6. The minimum atomic E-state index is -1.72. The summed E-state index contributed by atoms with van der Waals surface area (Å²) in [6.45, 7) is 34.9. The maximum Gasteiger partial charge on any atom is 0.643 e. The number of nitrogens with two attached hydrogens (primary N) is 1. The van der Waals surface area contributed by atoms with Crippen LogP contribution in [0.15, 0.2) is 126 Å². The fourth-order valence-electron chi connectivity index (χ4n) is 8.55. The highest BCUT2D eigenvalue weighted by Crippen LogP contribution is 2.43. The molecule has 0 unspecified atom stereocenters. The SMILES string of the molecule is CC(C)=CC(=O)Cl.CC(C)=CC(=O)Nc1ccc(I)cc1.CC(C)I.CC(C)N1C(=O)CC(C)(C)c2cc(I)ccc21.CC(C)N1CCC(C)(C)c2cc(I)ccc21.CC1(C)CC(=O)Nc2ccc(I)cc21.Nc1ccc(I)cc1.[Cl][Al]([Cl])[Cl].